The van der Waals surface area contributed by atoms with E-state index in [9.17, 15) is 17.6 Å². The summed E-state index contributed by atoms with van der Waals surface area (Å²) in [5.74, 6) is 0.743. The lowest BCUT2D eigenvalue weighted by Crippen LogP contribution is -2.52. The maximum absolute atomic E-state index is 13.0. The third kappa shape index (κ3) is 7.52. The Kier molecular flexibility index (Phi) is 7.83. The highest BCUT2D eigenvalue weighted by Crippen LogP contribution is 2.24. The number of carbonyl (C=O) groups excluding carboxylic acids is 1. The van der Waals surface area contributed by atoms with E-state index >= 15 is 0 Å². The topological polar surface area (TPSA) is 130 Å². The maximum Gasteiger partial charge on any atom is 0.407 e. The van der Waals surface area contributed by atoms with Gasteiger partial charge in [0, 0.05) is 44.8 Å². The van der Waals surface area contributed by atoms with Crippen molar-refractivity contribution >= 4 is 33.4 Å². The van der Waals surface area contributed by atoms with Crippen LogP contribution in [0.1, 0.15) is 26.3 Å². The summed E-state index contributed by atoms with van der Waals surface area (Å²) in [5, 5.41) is 10.4. The van der Waals surface area contributed by atoms with Gasteiger partial charge in [0.2, 0.25) is 16.0 Å². The van der Waals surface area contributed by atoms with Gasteiger partial charge in [-0.25, -0.2) is 26.8 Å². The van der Waals surface area contributed by atoms with E-state index in [1.807, 2.05) is 37.8 Å². The number of fused-ring (bicyclic) bond motifs is 1. The van der Waals surface area contributed by atoms with Gasteiger partial charge in [-0.1, -0.05) is 12.1 Å². The molecule has 3 N–H and O–H groups in total. The van der Waals surface area contributed by atoms with Gasteiger partial charge in [0.15, 0.2) is 5.82 Å². The second-order valence-electron chi connectivity index (χ2n) is 9.95. The van der Waals surface area contributed by atoms with Crippen LogP contribution in [0.4, 0.5) is 21.0 Å². The Bertz CT molecular complexity index is 1330. The highest BCUT2D eigenvalue weighted by atomic mass is 32.2. The summed E-state index contributed by atoms with van der Waals surface area (Å²) in [7, 11) is -3.56. The number of rotatable bonds is 10. The van der Waals surface area contributed by atoms with Crippen molar-refractivity contribution < 1.29 is 22.3 Å². The van der Waals surface area contributed by atoms with E-state index in [2.05, 4.69) is 25.4 Å². The third-order valence-electron chi connectivity index (χ3n) is 5.63. The molecule has 1 fully saturated rings. The molecule has 1 amide bonds. The number of nitrogens with zero attached hydrogens (tertiary/aromatic N) is 4. The van der Waals surface area contributed by atoms with Crippen molar-refractivity contribution in [3.63, 3.8) is 0 Å². The van der Waals surface area contributed by atoms with E-state index in [4.69, 9.17) is 4.74 Å². The number of anilines is 2. The zero-order valence-corrected chi connectivity index (χ0v) is 21.9. The molecule has 1 aliphatic rings. The highest BCUT2D eigenvalue weighted by molar-refractivity contribution is 7.89. The molecule has 2 aromatic heterocycles. The number of carbonyl (C=O) groups is 1. The van der Waals surface area contributed by atoms with Crippen molar-refractivity contribution in [2.75, 3.05) is 42.1 Å². The molecule has 3 heterocycles. The van der Waals surface area contributed by atoms with Gasteiger partial charge in [-0.3, -0.25) is 0 Å². The molecule has 1 aliphatic heterocycles. The molecule has 0 unspecified atom stereocenters. The van der Waals surface area contributed by atoms with Crippen molar-refractivity contribution in [3.8, 4) is 0 Å². The first-order chi connectivity index (χ1) is 17.5. The monoisotopic (exact) mass is 533 g/mol. The van der Waals surface area contributed by atoms with Crippen LogP contribution in [-0.4, -0.2) is 66.6 Å². The van der Waals surface area contributed by atoms with Crippen molar-refractivity contribution in [1.82, 2.24) is 24.6 Å². The van der Waals surface area contributed by atoms with Gasteiger partial charge in [-0.05, 0) is 50.6 Å². The molecule has 0 radical (unpaired) electrons. The summed E-state index contributed by atoms with van der Waals surface area (Å²) in [6.45, 7) is 7.51. The first-order valence-electron chi connectivity index (χ1n) is 12.0. The van der Waals surface area contributed by atoms with Gasteiger partial charge in [0.05, 0.1) is 5.75 Å². The quantitative estimate of drug-likeness (QED) is 0.362. The lowest BCUT2D eigenvalue weighted by atomic mass is 10.0. The second kappa shape index (κ2) is 10.9. The van der Waals surface area contributed by atoms with Crippen LogP contribution in [0.3, 0.4) is 0 Å². The van der Waals surface area contributed by atoms with Crippen LogP contribution >= 0.6 is 0 Å². The number of nitrogens with one attached hydrogen (secondary N) is 3. The van der Waals surface area contributed by atoms with Crippen LogP contribution in [0.5, 0.6) is 0 Å². The minimum Gasteiger partial charge on any atom is -0.444 e. The predicted molar refractivity (Wildman–Crippen MR) is 138 cm³/mol. The van der Waals surface area contributed by atoms with Gasteiger partial charge in [0.25, 0.3) is 0 Å². The minimum atomic E-state index is -3.56. The maximum atomic E-state index is 13.0. The zero-order chi connectivity index (χ0) is 26.6. The van der Waals surface area contributed by atoms with Gasteiger partial charge >= 0.3 is 6.09 Å². The van der Waals surface area contributed by atoms with Gasteiger partial charge < -0.3 is 20.3 Å². The number of amides is 1. The molecule has 0 aliphatic carbocycles. The summed E-state index contributed by atoms with van der Waals surface area (Å²) >= 11 is 0. The first-order valence-corrected chi connectivity index (χ1v) is 13.7. The molecule has 200 valence electrons. The molecule has 0 saturated carbocycles. The molecule has 11 nitrogen and oxygen atoms in total. The molecule has 0 bridgehead atoms. The first kappa shape index (κ1) is 26.6. The summed E-state index contributed by atoms with van der Waals surface area (Å²) in [5.41, 5.74) is 0.850. The number of sulfonamides is 1. The van der Waals surface area contributed by atoms with Crippen LogP contribution in [0.25, 0.3) is 5.52 Å². The SMILES string of the molecule is CC(C)(C)OC(=O)NCC1CN(c2nc(NCCS(=O)(=O)NCc3ccc(F)cc3)c3cccn3n2)C1. The molecule has 37 heavy (non-hydrogen) atoms. The number of alkyl carbamates (subject to hydrolysis) is 1. The van der Waals surface area contributed by atoms with Gasteiger partial charge in [0.1, 0.15) is 16.9 Å². The number of hydrogen-bond donors (Lipinski definition) is 3. The predicted octanol–water partition coefficient (Wildman–Crippen LogP) is 2.36. The molecule has 1 aromatic carbocycles. The zero-order valence-electron chi connectivity index (χ0n) is 21.1. The van der Waals surface area contributed by atoms with Crippen LogP contribution in [0, 0.1) is 11.7 Å². The Hall–Kier alpha value is -3.45. The molecule has 4 rings (SSSR count). The molecule has 3 aromatic rings. The van der Waals surface area contributed by atoms with E-state index in [0.29, 0.717) is 37.0 Å². The average molecular weight is 534 g/mol. The highest BCUT2D eigenvalue weighted by Gasteiger charge is 2.30. The fraction of sp³-hybridized carbons (Fsp3) is 0.458. The third-order valence-corrected chi connectivity index (χ3v) is 6.95. The van der Waals surface area contributed by atoms with Crippen LogP contribution in [0.15, 0.2) is 42.6 Å². The Morgan fingerprint density at radius 2 is 1.92 bits per heavy atom. The van der Waals surface area contributed by atoms with Crippen molar-refractivity contribution in [2.24, 2.45) is 5.92 Å². The standard InChI is InChI=1S/C24H32FN7O4S/c1-24(2,3)36-23(33)27-13-18-15-31(16-18)22-29-21(20-5-4-11-32(20)30-22)26-10-12-37(34,35)28-14-17-6-8-19(25)9-7-17/h4-9,11,18,28H,10,12-16H2,1-3H3,(H,27,33)(H,26,29,30). The smallest absolute Gasteiger partial charge is 0.407 e. The Balaban J connectivity index is 1.29. The second-order valence-corrected chi connectivity index (χ2v) is 11.9. The summed E-state index contributed by atoms with van der Waals surface area (Å²) in [6.07, 6.45) is 1.36. The average Bonchev–Trinajstić information content (AvgIpc) is 3.25. The van der Waals surface area contributed by atoms with Crippen molar-refractivity contribution in [1.29, 1.82) is 0 Å². The summed E-state index contributed by atoms with van der Waals surface area (Å²) < 4.78 is 47.3. The number of halogens is 1. The largest absolute Gasteiger partial charge is 0.444 e. The van der Waals surface area contributed by atoms with Crippen molar-refractivity contribution in [2.45, 2.75) is 32.9 Å². The summed E-state index contributed by atoms with van der Waals surface area (Å²) in [4.78, 5) is 18.5. The van der Waals surface area contributed by atoms with E-state index in [1.165, 1.54) is 24.3 Å². The van der Waals surface area contributed by atoms with Crippen LogP contribution < -0.4 is 20.3 Å². The minimum absolute atomic E-state index is 0.0854. The molecule has 0 spiro atoms. The fourth-order valence-corrected chi connectivity index (χ4v) is 4.66. The molecule has 1 saturated heterocycles. The van der Waals surface area contributed by atoms with Gasteiger partial charge in [-0.15, -0.1) is 5.10 Å². The Morgan fingerprint density at radius 3 is 2.62 bits per heavy atom. The lowest BCUT2D eigenvalue weighted by molar-refractivity contribution is 0.0516. The summed E-state index contributed by atoms with van der Waals surface area (Å²) in [6, 6.07) is 9.34. The van der Waals surface area contributed by atoms with E-state index in [1.54, 1.807) is 10.7 Å². The number of benzene rings is 1. The normalized spacial score (nSPS) is 14.4. The molecule has 13 heteroatoms. The van der Waals surface area contributed by atoms with Crippen LogP contribution in [0.2, 0.25) is 0 Å². The molecular formula is C24H32FN7O4S. The lowest BCUT2D eigenvalue weighted by Gasteiger charge is -2.39. The fourth-order valence-electron chi connectivity index (χ4n) is 3.76. The van der Waals surface area contributed by atoms with E-state index in [0.717, 1.165) is 5.52 Å². The van der Waals surface area contributed by atoms with E-state index < -0.39 is 21.7 Å². The van der Waals surface area contributed by atoms with E-state index in [-0.39, 0.29) is 30.6 Å². The number of aromatic nitrogens is 3. The molecule has 0 atom stereocenters. The van der Waals surface area contributed by atoms with Crippen LogP contribution in [-0.2, 0) is 21.3 Å². The number of ether oxygens (including phenoxy) is 1. The Morgan fingerprint density at radius 1 is 1.19 bits per heavy atom. The van der Waals surface area contributed by atoms with Crippen molar-refractivity contribution in [3.05, 3.63) is 54.0 Å². The Labute approximate surface area is 215 Å². The van der Waals surface area contributed by atoms with Gasteiger partial charge in [-0.2, -0.15) is 4.98 Å². The molecular weight excluding hydrogens is 501 g/mol. The number of hydrogen-bond acceptors (Lipinski definition) is 8.